The van der Waals surface area contributed by atoms with Gasteiger partial charge in [0, 0.05) is 49.9 Å². The fourth-order valence-corrected chi connectivity index (χ4v) is 3.97. The lowest BCUT2D eigenvalue weighted by Crippen LogP contribution is -2.48. The quantitative estimate of drug-likeness (QED) is 0.415. The maximum Gasteiger partial charge on any atom is 0.299 e. The molecule has 1 fully saturated rings. The number of fused-ring (bicyclic) bond motifs is 1. The summed E-state index contributed by atoms with van der Waals surface area (Å²) in [6, 6.07) is 15.7. The number of hydrogen-bond donors (Lipinski definition) is 0. The SMILES string of the molecule is C/C=N\c1nc(N2CCN(C(=O)c3ccc4nc(-c5ccccc5)oc4c3)CC2)oc1CC. The highest BCUT2D eigenvalue weighted by molar-refractivity contribution is 5.97. The van der Waals surface area contributed by atoms with Crippen LogP contribution in [0.25, 0.3) is 22.6 Å². The van der Waals surface area contributed by atoms with E-state index in [2.05, 4.69) is 19.9 Å². The van der Waals surface area contributed by atoms with Gasteiger partial charge in [0.05, 0.1) is 0 Å². The molecule has 2 aromatic heterocycles. The third-order valence-corrected chi connectivity index (χ3v) is 5.73. The average Bonchev–Trinajstić information content (AvgIpc) is 3.48. The lowest BCUT2D eigenvalue weighted by molar-refractivity contribution is 0.0745. The maximum absolute atomic E-state index is 13.1. The Morgan fingerprint density at radius 1 is 1.06 bits per heavy atom. The molecule has 1 aliphatic heterocycles. The van der Waals surface area contributed by atoms with Crippen LogP contribution in [0.4, 0.5) is 11.8 Å². The van der Waals surface area contributed by atoms with Gasteiger partial charge in [0.25, 0.3) is 11.9 Å². The molecule has 1 saturated heterocycles. The number of anilines is 1. The fraction of sp³-hybridized carbons (Fsp3) is 0.280. The molecule has 4 aromatic rings. The number of amides is 1. The number of hydrogen-bond acceptors (Lipinski definition) is 7. The molecule has 8 heteroatoms. The number of oxazole rings is 2. The maximum atomic E-state index is 13.1. The van der Waals surface area contributed by atoms with Gasteiger partial charge in [-0.1, -0.05) is 25.1 Å². The van der Waals surface area contributed by atoms with Crippen LogP contribution in [0.1, 0.15) is 30.0 Å². The minimum absolute atomic E-state index is 0.0212. The van der Waals surface area contributed by atoms with Crippen molar-refractivity contribution in [1.29, 1.82) is 0 Å². The molecule has 0 bridgehead atoms. The summed E-state index contributed by atoms with van der Waals surface area (Å²) < 4.78 is 11.8. The number of carbonyl (C=O) groups is 1. The highest BCUT2D eigenvalue weighted by atomic mass is 16.4. The molecule has 2 aromatic carbocycles. The van der Waals surface area contributed by atoms with Gasteiger partial charge >= 0.3 is 0 Å². The van der Waals surface area contributed by atoms with Gasteiger partial charge < -0.3 is 18.6 Å². The van der Waals surface area contributed by atoms with E-state index in [0.717, 1.165) is 23.3 Å². The van der Waals surface area contributed by atoms with E-state index in [1.54, 1.807) is 12.3 Å². The number of aryl methyl sites for hydroxylation is 1. The molecule has 0 spiro atoms. The van der Waals surface area contributed by atoms with Gasteiger partial charge in [-0.15, -0.1) is 0 Å². The third-order valence-electron chi connectivity index (χ3n) is 5.73. The Kier molecular flexibility index (Phi) is 5.64. The van der Waals surface area contributed by atoms with Crippen LogP contribution in [-0.2, 0) is 6.42 Å². The van der Waals surface area contributed by atoms with Crippen LogP contribution in [0, 0.1) is 0 Å². The Morgan fingerprint density at radius 3 is 2.58 bits per heavy atom. The predicted molar refractivity (Wildman–Crippen MR) is 127 cm³/mol. The smallest absolute Gasteiger partial charge is 0.299 e. The number of rotatable bonds is 5. The zero-order valence-corrected chi connectivity index (χ0v) is 18.7. The Hall–Kier alpha value is -3.94. The number of carbonyl (C=O) groups excluding carboxylic acids is 1. The van der Waals surface area contributed by atoms with E-state index in [9.17, 15) is 4.79 Å². The van der Waals surface area contributed by atoms with E-state index in [1.807, 2.05) is 61.2 Å². The highest BCUT2D eigenvalue weighted by Crippen LogP contribution is 2.28. The summed E-state index contributed by atoms with van der Waals surface area (Å²) >= 11 is 0. The van der Waals surface area contributed by atoms with E-state index in [4.69, 9.17) is 8.83 Å². The summed E-state index contributed by atoms with van der Waals surface area (Å²) in [5, 5.41) is 0. The van der Waals surface area contributed by atoms with E-state index in [1.165, 1.54) is 0 Å². The molecule has 0 N–H and O–H groups in total. The first-order chi connectivity index (χ1) is 16.2. The largest absolute Gasteiger partial charge is 0.436 e. The molecular weight excluding hydrogens is 418 g/mol. The Morgan fingerprint density at radius 2 is 1.85 bits per heavy atom. The van der Waals surface area contributed by atoms with Crippen molar-refractivity contribution in [3.8, 4) is 11.5 Å². The Balaban J connectivity index is 1.29. The average molecular weight is 444 g/mol. The summed E-state index contributed by atoms with van der Waals surface area (Å²) in [5.41, 5.74) is 2.84. The number of aliphatic imine (C=N–C) groups is 1. The van der Waals surface area contributed by atoms with Crippen molar-refractivity contribution >= 4 is 35.1 Å². The van der Waals surface area contributed by atoms with Gasteiger partial charge in [0.2, 0.25) is 5.89 Å². The minimum atomic E-state index is -0.0212. The number of nitrogens with zero attached hydrogens (tertiary/aromatic N) is 5. The number of benzene rings is 2. The summed E-state index contributed by atoms with van der Waals surface area (Å²) in [6.07, 6.45) is 2.44. The monoisotopic (exact) mass is 443 g/mol. The second kappa shape index (κ2) is 8.90. The standard InChI is InChI=1S/C25H25N5O3/c1-3-20-22(26-4-2)28-25(33-20)30-14-12-29(13-15-30)24(31)18-10-11-19-21(16-18)32-23(27-19)17-8-6-5-7-9-17/h4-11,16H,3,12-15H2,1-2H3/b26-4-. The third kappa shape index (κ3) is 4.11. The lowest BCUT2D eigenvalue weighted by Gasteiger charge is -2.33. The van der Waals surface area contributed by atoms with Gasteiger partial charge in [-0.25, -0.2) is 9.98 Å². The van der Waals surface area contributed by atoms with Gasteiger partial charge in [0.1, 0.15) is 5.52 Å². The van der Waals surface area contributed by atoms with Crippen LogP contribution in [0.3, 0.4) is 0 Å². The molecule has 168 valence electrons. The molecule has 8 nitrogen and oxygen atoms in total. The van der Waals surface area contributed by atoms with Gasteiger partial charge in [-0.05, 0) is 37.3 Å². The van der Waals surface area contributed by atoms with Crippen LogP contribution in [0.15, 0.2) is 62.4 Å². The summed E-state index contributed by atoms with van der Waals surface area (Å²) in [7, 11) is 0. The van der Waals surface area contributed by atoms with Crippen LogP contribution >= 0.6 is 0 Å². The summed E-state index contributed by atoms with van der Waals surface area (Å²) in [5.74, 6) is 1.93. The Bertz CT molecular complexity index is 1300. The zero-order valence-electron chi connectivity index (χ0n) is 18.7. The second-order valence-electron chi connectivity index (χ2n) is 7.83. The molecule has 0 saturated carbocycles. The number of piperazine rings is 1. The van der Waals surface area contributed by atoms with E-state index < -0.39 is 0 Å². The molecule has 0 unspecified atom stereocenters. The van der Waals surface area contributed by atoms with E-state index in [0.29, 0.717) is 55.0 Å². The first kappa shape index (κ1) is 20.9. The molecule has 0 atom stereocenters. The predicted octanol–water partition coefficient (Wildman–Crippen LogP) is 4.73. The lowest BCUT2D eigenvalue weighted by atomic mass is 10.1. The molecule has 1 amide bonds. The van der Waals surface area contributed by atoms with Crippen molar-refractivity contribution in [2.24, 2.45) is 4.99 Å². The van der Waals surface area contributed by atoms with E-state index in [-0.39, 0.29) is 5.91 Å². The second-order valence-corrected chi connectivity index (χ2v) is 7.83. The van der Waals surface area contributed by atoms with Crippen molar-refractivity contribution in [1.82, 2.24) is 14.9 Å². The van der Waals surface area contributed by atoms with Crippen LogP contribution in [-0.4, -0.2) is 53.2 Å². The van der Waals surface area contributed by atoms with Crippen LogP contribution in [0.2, 0.25) is 0 Å². The Labute approximate surface area is 191 Å². The van der Waals surface area contributed by atoms with Crippen LogP contribution < -0.4 is 4.90 Å². The first-order valence-corrected chi connectivity index (χ1v) is 11.1. The topological polar surface area (TPSA) is 88.0 Å². The molecular formula is C25H25N5O3. The normalized spacial score (nSPS) is 14.5. The zero-order chi connectivity index (χ0) is 22.8. The van der Waals surface area contributed by atoms with Gasteiger partial charge in [0.15, 0.2) is 17.2 Å². The molecule has 1 aliphatic rings. The van der Waals surface area contributed by atoms with Crippen molar-refractivity contribution in [3.05, 3.63) is 59.9 Å². The molecule has 3 heterocycles. The minimum Gasteiger partial charge on any atom is -0.436 e. The summed E-state index contributed by atoms with van der Waals surface area (Å²) in [4.78, 5) is 30.4. The van der Waals surface area contributed by atoms with Crippen molar-refractivity contribution < 1.29 is 13.6 Å². The van der Waals surface area contributed by atoms with Gasteiger partial charge in [-0.2, -0.15) is 4.98 Å². The van der Waals surface area contributed by atoms with E-state index >= 15 is 0 Å². The molecule has 33 heavy (non-hydrogen) atoms. The molecule has 5 rings (SSSR count). The first-order valence-electron chi connectivity index (χ1n) is 11.1. The highest BCUT2D eigenvalue weighted by Gasteiger charge is 2.26. The van der Waals surface area contributed by atoms with Crippen molar-refractivity contribution in [2.75, 3.05) is 31.1 Å². The fourth-order valence-electron chi connectivity index (χ4n) is 3.97. The molecule has 0 radical (unpaired) electrons. The van der Waals surface area contributed by atoms with Crippen LogP contribution in [0.5, 0.6) is 0 Å². The van der Waals surface area contributed by atoms with Gasteiger partial charge in [-0.3, -0.25) is 4.79 Å². The molecule has 0 aliphatic carbocycles. The van der Waals surface area contributed by atoms with Crippen molar-refractivity contribution in [3.63, 3.8) is 0 Å². The number of aromatic nitrogens is 2. The van der Waals surface area contributed by atoms with Crippen molar-refractivity contribution in [2.45, 2.75) is 20.3 Å². The summed E-state index contributed by atoms with van der Waals surface area (Å²) in [6.45, 7) is 6.33.